The minimum Gasteiger partial charge on any atom is -0.394 e. The van der Waals surface area contributed by atoms with Gasteiger partial charge in [0.2, 0.25) is 5.91 Å². The van der Waals surface area contributed by atoms with E-state index in [-0.39, 0.29) is 19.1 Å². The third-order valence-corrected chi connectivity index (χ3v) is 1.69. The van der Waals surface area contributed by atoms with Crippen LogP contribution in [0, 0.1) is 0 Å². The summed E-state index contributed by atoms with van der Waals surface area (Å²) >= 11 is 0. The predicted molar refractivity (Wildman–Crippen MR) is 50.6 cm³/mol. The molecule has 0 heterocycles. The maximum Gasteiger partial charge on any atom is 0.237 e. The molecule has 84 valence electrons. The van der Waals surface area contributed by atoms with Crippen molar-refractivity contribution in [3.63, 3.8) is 0 Å². The Kier molecular flexibility index (Phi) is 7.31. The van der Waals surface area contributed by atoms with Crippen molar-refractivity contribution in [1.82, 2.24) is 5.32 Å². The maximum absolute atomic E-state index is 11.2. The van der Waals surface area contributed by atoms with E-state index in [1.807, 2.05) is 0 Å². The fourth-order valence-electron chi connectivity index (χ4n) is 0.790. The number of hydrogen-bond donors (Lipinski definition) is 4. The van der Waals surface area contributed by atoms with Crippen molar-refractivity contribution in [2.24, 2.45) is 5.73 Å². The van der Waals surface area contributed by atoms with Crippen LogP contribution in [0.5, 0.6) is 0 Å². The third-order valence-electron chi connectivity index (χ3n) is 1.69. The number of ether oxygens (including phenoxy) is 1. The van der Waals surface area contributed by atoms with Crippen molar-refractivity contribution in [3.8, 4) is 0 Å². The topological polar surface area (TPSA) is 105 Å². The highest BCUT2D eigenvalue weighted by molar-refractivity contribution is 5.81. The molecule has 14 heavy (non-hydrogen) atoms. The van der Waals surface area contributed by atoms with Gasteiger partial charge in [-0.3, -0.25) is 4.79 Å². The number of carbonyl (C=O) groups excluding carboxylic acids is 1. The summed E-state index contributed by atoms with van der Waals surface area (Å²) in [6, 6.07) is -0.638. The molecule has 0 aromatic carbocycles. The second kappa shape index (κ2) is 7.69. The van der Waals surface area contributed by atoms with Crippen LogP contribution in [0.2, 0.25) is 0 Å². The Bertz CT molecular complexity index is 165. The standard InChI is InChI=1S/C8H18N2O4/c1-14-3-2-7(9)8(13)10-4-6(12)5-11/h6-7,11-12H,2-5,9H2,1H3,(H,10,13). The molecule has 0 aliphatic heterocycles. The molecule has 0 spiro atoms. The summed E-state index contributed by atoms with van der Waals surface area (Å²) in [5.74, 6) is -0.352. The lowest BCUT2D eigenvalue weighted by atomic mass is 10.2. The molecule has 2 atom stereocenters. The smallest absolute Gasteiger partial charge is 0.237 e. The van der Waals surface area contributed by atoms with Crippen LogP contribution in [0.25, 0.3) is 0 Å². The van der Waals surface area contributed by atoms with E-state index in [0.717, 1.165) is 0 Å². The van der Waals surface area contributed by atoms with E-state index in [9.17, 15) is 4.79 Å². The molecule has 0 saturated carbocycles. The second-order valence-corrected chi connectivity index (χ2v) is 2.97. The average Bonchev–Trinajstić information content (AvgIpc) is 2.21. The van der Waals surface area contributed by atoms with Gasteiger partial charge in [-0.15, -0.1) is 0 Å². The van der Waals surface area contributed by atoms with E-state index < -0.39 is 12.1 Å². The van der Waals surface area contributed by atoms with Crippen LogP contribution in [0.1, 0.15) is 6.42 Å². The molecule has 0 aromatic heterocycles. The zero-order chi connectivity index (χ0) is 11.0. The molecule has 2 unspecified atom stereocenters. The molecule has 6 heteroatoms. The summed E-state index contributed by atoms with van der Waals surface area (Å²) in [4.78, 5) is 11.2. The van der Waals surface area contributed by atoms with Crippen LogP contribution in [0.15, 0.2) is 0 Å². The SMILES string of the molecule is COCCC(N)C(=O)NCC(O)CO. The first-order valence-corrected chi connectivity index (χ1v) is 4.43. The molecule has 6 nitrogen and oxygen atoms in total. The Balaban J connectivity index is 3.61. The zero-order valence-corrected chi connectivity index (χ0v) is 8.27. The molecule has 0 bridgehead atoms. The van der Waals surface area contributed by atoms with Gasteiger partial charge in [0.1, 0.15) is 0 Å². The lowest BCUT2D eigenvalue weighted by Gasteiger charge is -2.13. The lowest BCUT2D eigenvalue weighted by Crippen LogP contribution is -2.44. The Morgan fingerprint density at radius 1 is 1.64 bits per heavy atom. The minimum absolute atomic E-state index is 0.00994. The highest BCUT2D eigenvalue weighted by atomic mass is 16.5. The molecule has 0 radical (unpaired) electrons. The fraction of sp³-hybridized carbons (Fsp3) is 0.875. The molecule has 0 fully saturated rings. The molecular formula is C8H18N2O4. The molecule has 0 rings (SSSR count). The van der Waals surface area contributed by atoms with E-state index in [0.29, 0.717) is 13.0 Å². The van der Waals surface area contributed by atoms with Crippen molar-refractivity contribution < 1.29 is 19.7 Å². The number of carbonyl (C=O) groups is 1. The van der Waals surface area contributed by atoms with Gasteiger partial charge in [-0.1, -0.05) is 0 Å². The first-order chi connectivity index (χ1) is 6.61. The van der Waals surface area contributed by atoms with Crippen molar-refractivity contribution in [2.45, 2.75) is 18.6 Å². The predicted octanol–water partition coefficient (Wildman–Crippen LogP) is -2.18. The summed E-state index contributed by atoms with van der Waals surface area (Å²) in [7, 11) is 1.53. The van der Waals surface area contributed by atoms with E-state index in [4.69, 9.17) is 20.7 Å². The van der Waals surface area contributed by atoms with Crippen molar-refractivity contribution in [1.29, 1.82) is 0 Å². The van der Waals surface area contributed by atoms with Crippen LogP contribution in [0.3, 0.4) is 0 Å². The number of rotatable bonds is 7. The quantitative estimate of drug-likeness (QED) is 0.379. The van der Waals surface area contributed by atoms with Gasteiger partial charge in [0.15, 0.2) is 0 Å². The lowest BCUT2D eigenvalue weighted by molar-refractivity contribution is -0.123. The highest BCUT2D eigenvalue weighted by Crippen LogP contribution is 1.89. The van der Waals surface area contributed by atoms with Crippen molar-refractivity contribution in [3.05, 3.63) is 0 Å². The Hall–Kier alpha value is -0.690. The summed E-state index contributed by atoms with van der Waals surface area (Å²) < 4.78 is 4.76. The first kappa shape index (κ1) is 13.3. The van der Waals surface area contributed by atoms with Gasteiger partial charge in [0.25, 0.3) is 0 Å². The van der Waals surface area contributed by atoms with Crippen LogP contribution in [-0.4, -0.2) is 55.1 Å². The number of nitrogens with two attached hydrogens (primary N) is 1. The molecule has 0 aliphatic carbocycles. The van der Waals surface area contributed by atoms with Gasteiger partial charge in [-0.25, -0.2) is 0 Å². The Labute approximate surface area is 83.0 Å². The van der Waals surface area contributed by atoms with Gasteiger partial charge >= 0.3 is 0 Å². The molecule has 0 aliphatic rings. The fourth-order valence-corrected chi connectivity index (χ4v) is 0.790. The zero-order valence-electron chi connectivity index (χ0n) is 8.27. The van der Waals surface area contributed by atoms with Crippen LogP contribution < -0.4 is 11.1 Å². The van der Waals surface area contributed by atoms with Crippen molar-refractivity contribution in [2.75, 3.05) is 26.9 Å². The normalized spacial score (nSPS) is 14.9. The Morgan fingerprint density at radius 3 is 2.79 bits per heavy atom. The number of methoxy groups -OCH3 is 1. The number of amides is 1. The summed E-state index contributed by atoms with van der Waals surface area (Å²) in [6.07, 6.45) is -0.508. The van der Waals surface area contributed by atoms with Gasteiger partial charge in [-0.2, -0.15) is 0 Å². The molecule has 0 aromatic rings. The molecule has 5 N–H and O–H groups in total. The third kappa shape index (κ3) is 5.87. The number of aliphatic hydroxyl groups excluding tert-OH is 2. The molecule has 0 saturated heterocycles. The van der Waals surface area contributed by atoms with Gasteiger partial charge < -0.3 is 26.0 Å². The minimum atomic E-state index is -0.937. The summed E-state index contributed by atoms with van der Waals surface area (Å²) in [6.45, 7) is 0.0424. The van der Waals surface area contributed by atoms with E-state index in [2.05, 4.69) is 5.32 Å². The van der Waals surface area contributed by atoms with Gasteiger partial charge in [-0.05, 0) is 6.42 Å². The molecule has 1 amide bonds. The average molecular weight is 206 g/mol. The summed E-state index contributed by atoms with van der Waals surface area (Å²) in [5, 5.41) is 19.8. The van der Waals surface area contributed by atoms with Crippen molar-refractivity contribution >= 4 is 5.91 Å². The summed E-state index contributed by atoms with van der Waals surface area (Å²) in [5.41, 5.74) is 5.49. The second-order valence-electron chi connectivity index (χ2n) is 2.97. The Morgan fingerprint density at radius 2 is 2.29 bits per heavy atom. The number of hydrogen-bond acceptors (Lipinski definition) is 5. The van der Waals surface area contributed by atoms with E-state index in [1.54, 1.807) is 0 Å². The van der Waals surface area contributed by atoms with Gasteiger partial charge in [0, 0.05) is 20.3 Å². The first-order valence-electron chi connectivity index (χ1n) is 4.43. The van der Waals surface area contributed by atoms with E-state index in [1.165, 1.54) is 7.11 Å². The van der Waals surface area contributed by atoms with Crippen LogP contribution >= 0.6 is 0 Å². The van der Waals surface area contributed by atoms with Gasteiger partial charge in [0.05, 0.1) is 18.8 Å². The largest absolute Gasteiger partial charge is 0.394 e. The van der Waals surface area contributed by atoms with E-state index >= 15 is 0 Å². The number of aliphatic hydroxyl groups is 2. The van der Waals surface area contributed by atoms with Crippen LogP contribution in [-0.2, 0) is 9.53 Å². The monoisotopic (exact) mass is 206 g/mol. The maximum atomic E-state index is 11.2. The number of nitrogens with one attached hydrogen (secondary N) is 1. The van der Waals surface area contributed by atoms with Crippen LogP contribution in [0.4, 0.5) is 0 Å². The molecular weight excluding hydrogens is 188 g/mol. The highest BCUT2D eigenvalue weighted by Gasteiger charge is 2.13.